The minimum absolute atomic E-state index is 0.136. The molecule has 0 bridgehead atoms. The van der Waals surface area contributed by atoms with Crippen molar-refractivity contribution in [2.24, 2.45) is 0 Å². The molecule has 2 aromatic carbocycles. The van der Waals surface area contributed by atoms with E-state index in [0.29, 0.717) is 0 Å². The highest BCUT2D eigenvalue weighted by atomic mass is 33.2. The molecule has 2 aromatic rings. The molecule has 1 aliphatic rings. The molecule has 1 fully saturated rings. The van der Waals surface area contributed by atoms with Crippen LogP contribution in [0.1, 0.15) is 22.8 Å². The van der Waals surface area contributed by atoms with E-state index in [1.165, 1.54) is 36.4 Å². The zero-order valence-electron chi connectivity index (χ0n) is 18.3. The summed E-state index contributed by atoms with van der Waals surface area (Å²) in [6, 6.07) is 12.1. The van der Waals surface area contributed by atoms with Gasteiger partial charge in [-0.05, 0) is 31.2 Å². The summed E-state index contributed by atoms with van der Waals surface area (Å²) in [5.74, 6) is -1.41. The maximum atomic E-state index is 12.7. The van der Waals surface area contributed by atoms with Gasteiger partial charge in [0.25, 0.3) is 8.87 Å². The number of nitrogens with one attached hydrogen (secondary N) is 2. The fourth-order valence-corrected chi connectivity index (χ4v) is 5.85. The summed E-state index contributed by atoms with van der Waals surface area (Å²) in [7, 11) is -9.82. The van der Waals surface area contributed by atoms with Crippen LogP contribution in [0.3, 0.4) is 0 Å². The lowest BCUT2D eigenvalue weighted by atomic mass is 10.0. The van der Waals surface area contributed by atoms with E-state index < -0.39 is 53.0 Å². The third-order valence-corrected chi connectivity index (χ3v) is 9.26. The molecule has 184 valence electrons. The fraction of sp³-hybridized carbons (Fsp3) is 0.333. The lowest BCUT2D eigenvalue weighted by molar-refractivity contribution is -0.163. The van der Waals surface area contributed by atoms with Gasteiger partial charge in [-0.25, -0.2) is 18.6 Å². The molecule has 13 heteroatoms. The number of esters is 2. The molecule has 34 heavy (non-hydrogen) atoms. The Morgan fingerprint density at radius 1 is 0.912 bits per heavy atom. The average Bonchev–Trinajstić information content (AvgIpc) is 2.79. The molecule has 0 radical (unpaired) electrons. The Labute approximate surface area is 196 Å². The van der Waals surface area contributed by atoms with Crippen molar-refractivity contribution in [1.29, 1.82) is 0 Å². The topological polar surface area (TPSA) is 154 Å². The number of rotatable bonds is 8. The van der Waals surface area contributed by atoms with Crippen LogP contribution in [0.2, 0.25) is 0 Å². The molecular formula is C21H24N2O9S2. The molecule has 1 heterocycles. The number of carbonyl (C=O) groups excluding carboxylic acids is 2. The molecular weight excluding hydrogens is 488 g/mol. The smallest absolute Gasteiger partial charge is 0.338 e. The monoisotopic (exact) mass is 512 g/mol. The molecule has 3 rings (SSSR count). The van der Waals surface area contributed by atoms with Crippen LogP contribution in [0.25, 0.3) is 0 Å². The predicted molar refractivity (Wildman–Crippen MR) is 119 cm³/mol. The van der Waals surface area contributed by atoms with Crippen LogP contribution in [-0.2, 0) is 36.9 Å². The first kappa shape index (κ1) is 25.8. The average molecular weight is 513 g/mol. The SMILES string of the molecule is CC(=O)O[C@H]1COC[C@H](OC(=O)c2ccccc2)[C@@H]1NNS(=O)(=O)S(=O)(=O)c1ccc(C)cc1. The molecule has 2 N–H and O–H groups in total. The largest absolute Gasteiger partial charge is 0.458 e. The van der Waals surface area contributed by atoms with E-state index in [1.807, 2.05) is 4.83 Å². The molecule has 11 nitrogen and oxygen atoms in total. The Bertz CT molecular complexity index is 1230. The van der Waals surface area contributed by atoms with Crippen LogP contribution in [0.4, 0.5) is 0 Å². The second-order valence-corrected chi connectivity index (χ2v) is 12.6. The minimum atomic E-state index is -4.99. The van der Waals surface area contributed by atoms with Gasteiger partial charge >= 0.3 is 21.0 Å². The normalized spacial score (nSPS) is 20.9. The standard InChI is InChI=1S/C21H24N2O9S2/c1-14-8-10-17(11-9-14)33(26,27)34(28,29)23-22-20-18(31-15(2)24)12-30-13-19(20)32-21(25)16-6-4-3-5-7-16/h3-11,18-20,22-23H,12-13H2,1-2H3/t18-,19-,20+/m0/s1. The van der Waals surface area contributed by atoms with Crippen LogP contribution < -0.4 is 10.3 Å². The van der Waals surface area contributed by atoms with Crippen LogP contribution in [0.15, 0.2) is 59.5 Å². The summed E-state index contributed by atoms with van der Waals surface area (Å²) in [6.07, 6.45) is -2.19. The molecule has 1 aliphatic heterocycles. The summed E-state index contributed by atoms with van der Waals surface area (Å²) in [4.78, 5) is 25.4. The minimum Gasteiger partial charge on any atom is -0.458 e. The van der Waals surface area contributed by atoms with Crippen LogP contribution >= 0.6 is 0 Å². The Kier molecular flexibility index (Phi) is 8.05. The molecule has 0 spiro atoms. The van der Waals surface area contributed by atoms with E-state index in [1.54, 1.807) is 25.1 Å². The van der Waals surface area contributed by atoms with Crippen molar-refractivity contribution in [3.63, 3.8) is 0 Å². The first-order valence-electron chi connectivity index (χ1n) is 10.1. The van der Waals surface area contributed by atoms with Gasteiger partial charge in [0.05, 0.1) is 23.7 Å². The van der Waals surface area contributed by atoms with E-state index in [2.05, 4.69) is 5.43 Å². The summed E-state index contributed by atoms with van der Waals surface area (Å²) < 4.78 is 66.6. The highest BCUT2D eigenvalue weighted by Gasteiger charge is 2.41. The summed E-state index contributed by atoms with van der Waals surface area (Å²) in [6.45, 7) is 2.58. The van der Waals surface area contributed by atoms with Gasteiger partial charge in [-0.1, -0.05) is 35.9 Å². The second kappa shape index (κ2) is 10.6. The summed E-state index contributed by atoms with van der Waals surface area (Å²) >= 11 is 0. The number of hydrazine groups is 1. The number of aryl methyl sites for hydroxylation is 1. The number of carbonyl (C=O) groups is 2. The van der Waals surface area contributed by atoms with Gasteiger partial charge in [0, 0.05) is 6.92 Å². The van der Waals surface area contributed by atoms with Crippen molar-refractivity contribution >= 4 is 29.9 Å². The van der Waals surface area contributed by atoms with Gasteiger partial charge in [-0.15, -0.1) is 4.83 Å². The molecule has 0 aromatic heterocycles. The molecule has 1 saturated heterocycles. The van der Waals surface area contributed by atoms with Crippen molar-refractivity contribution in [3.05, 3.63) is 65.7 Å². The van der Waals surface area contributed by atoms with E-state index in [-0.39, 0.29) is 18.8 Å². The zero-order valence-corrected chi connectivity index (χ0v) is 20.0. The maximum Gasteiger partial charge on any atom is 0.338 e. The fourth-order valence-electron chi connectivity index (χ4n) is 3.17. The van der Waals surface area contributed by atoms with E-state index in [0.717, 1.165) is 12.5 Å². The lowest BCUT2D eigenvalue weighted by Gasteiger charge is -2.37. The zero-order chi connectivity index (χ0) is 24.9. The Balaban J connectivity index is 1.81. The van der Waals surface area contributed by atoms with Gasteiger partial charge in [-0.2, -0.15) is 8.42 Å². The van der Waals surface area contributed by atoms with Gasteiger partial charge in [0.1, 0.15) is 18.2 Å². The highest BCUT2D eigenvalue weighted by Crippen LogP contribution is 2.19. The number of hydrogen-bond donors (Lipinski definition) is 2. The molecule has 0 saturated carbocycles. The lowest BCUT2D eigenvalue weighted by Crippen LogP contribution is -2.62. The van der Waals surface area contributed by atoms with Crippen LogP contribution in [-0.4, -0.2) is 60.2 Å². The number of ether oxygens (including phenoxy) is 3. The van der Waals surface area contributed by atoms with Crippen LogP contribution in [0.5, 0.6) is 0 Å². The van der Waals surface area contributed by atoms with E-state index >= 15 is 0 Å². The van der Waals surface area contributed by atoms with Crippen molar-refractivity contribution in [3.8, 4) is 0 Å². The summed E-state index contributed by atoms with van der Waals surface area (Å²) in [5.41, 5.74) is 3.34. The molecule has 0 amide bonds. The Morgan fingerprint density at radius 2 is 1.50 bits per heavy atom. The second-order valence-electron chi connectivity index (χ2n) is 7.49. The third kappa shape index (κ3) is 5.98. The number of hydrogen-bond acceptors (Lipinski definition) is 10. The maximum absolute atomic E-state index is 12.7. The third-order valence-electron chi connectivity index (χ3n) is 4.90. The van der Waals surface area contributed by atoms with Crippen molar-refractivity contribution in [2.45, 2.75) is 37.0 Å². The number of benzene rings is 2. The first-order valence-corrected chi connectivity index (χ1v) is 13.6. The van der Waals surface area contributed by atoms with Crippen LogP contribution in [0, 0.1) is 6.92 Å². The quantitative estimate of drug-likeness (QED) is 0.293. The Morgan fingerprint density at radius 3 is 2.09 bits per heavy atom. The van der Waals surface area contributed by atoms with Gasteiger partial charge in [-0.3, -0.25) is 4.79 Å². The van der Waals surface area contributed by atoms with E-state index in [4.69, 9.17) is 14.2 Å². The molecule has 3 atom stereocenters. The molecule has 0 aliphatic carbocycles. The van der Waals surface area contributed by atoms with Gasteiger partial charge in [0.2, 0.25) is 0 Å². The first-order chi connectivity index (χ1) is 16.0. The highest BCUT2D eigenvalue weighted by molar-refractivity contribution is 8.66. The van der Waals surface area contributed by atoms with Crippen molar-refractivity contribution in [1.82, 2.24) is 10.3 Å². The van der Waals surface area contributed by atoms with Crippen molar-refractivity contribution < 1.29 is 40.6 Å². The van der Waals surface area contributed by atoms with E-state index in [9.17, 15) is 26.4 Å². The molecule has 0 unspecified atom stereocenters. The summed E-state index contributed by atoms with van der Waals surface area (Å²) in [5, 5.41) is 0. The Hall–Kier alpha value is -2.84. The van der Waals surface area contributed by atoms with Crippen molar-refractivity contribution in [2.75, 3.05) is 13.2 Å². The van der Waals surface area contributed by atoms with Gasteiger partial charge < -0.3 is 14.2 Å². The predicted octanol–water partition coefficient (Wildman–Crippen LogP) is 0.664. The van der Waals surface area contributed by atoms with Gasteiger partial charge in [0.15, 0.2) is 0 Å².